The molecule has 1 N–H and O–H groups in total. The molecule has 1 unspecified atom stereocenters. The van der Waals surface area contributed by atoms with Gasteiger partial charge in [-0.15, -0.1) is 0 Å². The van der Waals surface area contributed by atoms with Crippen molar-refractivity contribution in [1.29, 1.82) is 0 Å². The lowest BCUT2D eigenvalue weighted by molar-refractivity contribution is -0.143. The maximum atomic E-state index is 12.4. The molecule has 0 aliphatic heterocycles. The summed E-state index contributed by atoms with van der Waals surface area (Å²) in [6.07, 6.45) is -3.27. The lowest BCUT2D eigenvalue weighted by Gasteiger charge is -2.10. The van der Waals surface area contributed by atoms with Crippen LogP contribution in [0.25, 0.3) is 0 Å². The van der Waals surface area contributed by atoms with Crippen molar-refractivity contribution in [1.82, 2.24) is 10.5 Å². The zero-order valence-corrected chi connectivity index (χ0v) is 7.48. The van der Waals surface area contributed by atoms with Gasteiger partial charge in [-0.2, -0.15) is 13.2 Å². The first-order chi connectivity index (χ1) is 6.54. The molecule has 0 bridgehead atoms. The second-order valence-electron chi connectivity index (χ2n) is 3.25. The molecule has 6 heteroatoms. The fourth-order valence-corrected chi connectivity index (χ4v) is 1.78. The first-order valence-electron chi connectivity index (χ1n) is 4.27. The number of aromatic nitrogens is 1. The number of halogens is 3. The van der Waals surface area contributed by atoms with Crippen molar-refractivity contribution in [3.63, 3.8) is 0 Å². The molecular formula is C8H9F3N2O. The molecular weight excluding hydrogens is 197 g/mol. The molecule has 0 fully saturated rings. The van der Waals surface area contributed by atoms with Crippen LogP contribution < -0.4 is 5.32 Å². The smallest absolute Gasteiger partial charge is 0.360 e. The molecule has 1 heterocycles. The zero-order chi connectivity index (χ0) is 10.3. The van der Waals surface area contributed by atoms with Crippen LogP contribution in [0.3, 0.4) is 0 Å². The maximum absolute atomic E-state index is 12.4. The van der Waals surface area contributed by atoms with E-state index < -0.39 is 11.9 Å². The molecule has 0 amide bonds. The summed E-state index contributed by atoms with van der Waals surface area (Å²) in [5.74, 6) is 0.358. The number of nitrogens with one attached hydrogen (secondary N) is 1. The highest BCUT2D eigenvalue weighted by molar-refractivity contribution is 5.32. The van der Waals surface area contributed by atoms with Gasteiger partial charge in [0.05, 0.1) is 0 Å². The largest absolute Gasteiger partial charge is 0.437 e. The minimum atomic E-state index is -4.42. The number of fused-ring (bicyclic) bond motifs is 1. The van der Waals surface area contributed by atoms with Crippen LogP contribution in [0, 0.1) is 0 Å². The van der Waals surface area contributed by atoms with Crippen molar-refractivity contribution >= 4 is 0 Å². The topological polar surface area (TPSA) is 38.1 Å². The van der Waals surface area contributed by atoms with Crippen LogP contribution in [-0.4, -0.2) is 12.2 Å². The highest BCUT2D eigenvalue weighted by Crippen LogP contribution is 2.40. The summed E-state index contributed by atoms with van der Waals surface area (Å²) in [5, 5.41) is 5.89. The van der Waals surface area contributed by atoms with Crippen LogP contribution in [0.4, 0.5) is 13.2 Å². The molecule has 0 saturated carbocycles. The van der Waals surface area contributed by atoms with Crippen molar-refractivity contribution < 1.29 is 17.7 Å². The average molecular weight is 206 g/mol. The van der Waals surface area contributed by atoms with Crippen LogP contribution >= 0.6 is 0 Å². The summed E-state index contributed by atoms with van der Waals surface area (Å²) >= 11 is 0. The van der Waals surface area contributed by atoms with Crippen LogP contribution in [0.5, 0.6) is 0 Å². The van der Waals surface area contributed by atoms with Gasteiger partial charge in [0.1, 0.15) is 5.76 Å². The van der Waals surface area contributed by atoms with Crippen molar-refractivity contribution in [2.45, 2.75) is 25.1 Å². The van der Waals surface area contributed by atoms with Gasteiger partial charge in [-0.3, -0.25) is 0 Å². The van der Waals surface area contributed by atoms with Gasteiger partial charge in [-0.05, 0) is 13.5 Å². The van der Waals surface area contributed by atoms with E-state index in [4.69, 9.17) is 0 Å². The summed E-state index contributed by atoms with van der Waals surface area (Å²) in [6.45, 7) is 0. The quantitative estimate of drug-likeness (QED) is 0.762. The van der Waals surface area contributed by atoms with E-state index in [0.29, 0.717) is 18.6 Å². The van der Waals surface area contributed by atoms with Crippen molar-refractivity contribution in [2.75, 3.05) is 7.05 Å². The maximum Gasteiger partial charge on any atom is 0.437 e. The Morgan fingerprint density at radius 3 is 2.79 bits per heavy atom. The molecule has 1 atom stereocenters. The standard InChI is InChI=1S/C8H9F3N2O/c1-12-4-2-3-5-6(4)7(13-14-5)8(9,10)11/h4,12H,2-3H2,1H3. The van der Waals surface area contributed by atoms with Crippen molar-refractivity contribution in [2.24, 2.45) is 0 Å². The Bertz CT molecular complexity index is 345. The molecule has 3 nitrogen and oxygen atoms in total. The van der Waals surface area contributed by atoms with Crippen LogP contribution in [0.1, 0.15) is 29.5 Å². The Labute approximate surface area is 78.3 Å². The number of hydrogen-bond acceptors (Lipinski definition) is 3. The fourth-order valence-electron chi connectivity index (χ4n) is 1.78. The Hall–Kier alpha value is -1.04. The van der Waals surface area contributed by atoms with Crippen molar-refractivity contribution in [3.05, 3.63) is 17.0 Å². The molecule has 0 radical (unpaired) electrons. The van der Waals surface area contributed by atoms with E-state index in [0.717, 1.165) is 0 Å². The van der Waals surface area contributed by atoms with Crippen LogP contribution in [0.2, 0.25) is 0 Å². The second kappa shape index (κ2) is 2.98. The Morgan fingerprint density at radius 2 is 2.21 bits per heavy atom. The second-order valence-corrected chi connectivity index (χ2v) is 3.25. The van der Waals surface area contributed by atoms with Gasteiger partial charge >= 0.3 is 6.18 Å². The van der Waals surface area contributed by atoms with E-state index >= 15 is 0 Å². The summed E-state index contributed by atoms with van der Waals surface area (Å²) in [6, 6.07) is -0.284. The fraction of sp³-hybridized carbons (Fsp3) is 0.625. The number of rotatable bonds is 1. The van der Waals surface area contributed by atoms with Gasteiger partial charge in [0.2, 0.25) is 0 Å². The molecule has 0 spiro atoms. The number of aryl methyl sites for hydroxylation is 1. The Morgan fingerprint density at radius 1 is 1.50 bits per heavy atom. The molecule has 14 heavy (non-hydrogen) atoms. The van der Waals surface area contributed by atoms with E-state index in [2.05, 4.69) is 15.0 Å². The Kier molecular flexibility index (Phi) is 2.02. The molecule has 1 aromatic heterocycles. The summed E-state index contributed by atoms with van der Waals surface area (Å²) in [4.78, 5) is 0. The number of nitrogens with zero attached hydrogens (tertiary/aromatic N) is 1. The molecule has 2 rings (SSSR count). The van der Waals surface area contributed by atoms with Crippen molar-refractivity contribution in [3.8, 4) is 0 Å². The molecule has 78 valence electrons. The SMILES string of the molecule is CNC1CCc2onc(C(F)(F)F)c21. The first-order valence-corrected chi connectivity index (χ1v) is 4.27. The first kappa shape index (κ1) is 9.51. The van der Waals surface area contributed by atoms with Crippen LogP contribution in [0.15, 0.2) is 4.52 Å². The van der Waals surface area contributed by atoms with Gasteiger partial charge in [0, 0.05) is 18.0 Å². The minimum absolute atomic E-state index is 0.181. The normalized spacial score (nSPS) is 21.3. The minimum Gasteiger partial charge on any atom is -0.360 e. The van der Waals surface area contributed by atoms with Gasteiger partial charge in [-0.25, -0.2) is 0 Å². The zero-order valence-electron chi connectivity index (χ0n) is 7.48. The molecule has 0 aromatic carbocycles. The number of alkyl halides is 3. The third kappa shape index (κ3) is 1.30. The van der Waals surface area contributed by atoms with Crippen LogP contribution in [-0.2, 0) is 12.6 Å². The summed E-state index contributed by atoms with van der Waals surface area (Å²) in [5.41, 5.74) is -0.704. The van der Waals surface area contributed by atoms with Gasteiger partial charge < -0.3 is 9.84 Å². The molecule has 0 saturated heterocycles. The molecule has 1 aliphatic carbocycles. The lowest BCUT2D eigenvalue weighted by atomic mass is 10.1. The molecule has 1 aromatic rings. The summed E-state index contributed by atoms with van der Waals surface area (Å²) in [7, 11) is 1.63. The lowest BCUT2D eigenvalue weighted by Crippen LogP contribution is -2.17. The predicted molar refractivity (Wildman–Crippen MR) is 41.6 cm³/mol. The van der Waals surface area contributed by atoms with E-state index in [-0.39, 0.29) is 11.6 Å². The van der Waals surface area contributed by atoms with E-state index in [9.17, 15) is 13.2 Å². The highest BCUT2D eigenvalue weighted by atomic mass is 19.4. The average Bonchev–Trinajstić information content (AvgIpc) is 2.59. The number of hydrogen-bond donors (Lipinski definition) is 1. The van der Waals surface area contributed by atoms with E-state index in [1.165, 1.54) is 0 Å². The van der Waals surface area contributed by atoms with Gasteiger partial charge in [-0.1, -0.05) is 5.16 Å². The predicted octanol–water partition coefficient (Wildman–Crippen LogP) is 1.90. The van der Waals surface area contributed by atoms with E-state index in [1.54, 1.807) is 7.05 Å². The Balaban J connectivity index is 2.45. The third-order valence-corrected chi connectivity index (χ3v) is 2.43. The van der Waals surface area contributed by atoms with E-state index in [1.807, 2.05) is 0 Å². The molecule has 1 aliphatic rings. The van der Waals surface area contributed by atoms with Gasteiger partial charge in [0.25, 0.3) is 0 Å². The third-order valence-electron chi connectivity index (χ3n) is 2.43. The highest BCUT2D eigenvalue weighted by Gasteiger charge is 2.43. The monoisotopic (exact) mass is 206 g/mol. The summed E-state index contributed by atoms with van der Waals surface area (Å²) < 4.78 is 42.0. The van der Waals surface area contributed by atoms with Gasteiger partial charge in [0.15, 0.2) is 5.69 Å².